The zero-order valence-electron chi connectivity index (χ0n) is 57.7. The van der Waals surface area contributed by atoms with Crippen LogP contribution >= 0.6 is 0 Å². The van der Waals surface area contributed by atoms with Crippen LogP contribution in [0.1, 0.15) is 316 Å². The molecule has 1 fully saturated rings. The van der Waals surface area contributed by atoms with Gasteiger partial charge in [0.05, 0.1) is 25.4 Å². The number of esters is 1. The number of ether oxygens (including phenoxy) is 3. The standard InChI is InChI=1S/C79H137NO10/c1-4-7-10-13-16-19-22-25-27-29-31-33-35-36-37-38-39-41-43-45-47-49-52-55-58-61-64-67-74(84)90-77-76(86)75(85)73(68-81)89-79(77)88-69-70(71(82)65-62-59-56-53-50-24-21-18-15-12-9-6-3)80-78(87)72(83)66-63-60-57-54-51-48-46-44-42-40-34-32-30-28-26-23-20-17-14-11-8-5-2/h7,10,16-17,19-20,25-28,31-34,36-37,62,65,70-73,75-77,79,81-83,85-86H,4-6,8-9,11-15,18,21-24,29-30,35,38-61,63-64,66-69H2,1-3H3,(H,80,87)/b10-7-,19-16-,20-17-,27-25-,28-26-,33-31-,34-32-,37-36-,65-62+. The Kier molecular flexibility index (Phi) is 61.3. The van der Waals surface area contributed by atoms with Crippen LogP contribution < -0.4 is 5.32 Å². The van der Waals surface area contributed by atoms with Crippen molar-refractivity contribution in [1.29, 1.82) is 0 Å². The zero-order valence-corrected chi connectivity index (χ0v) is 57.7. The summed E-state index contributed by atoms with van der Waals surface area (Å²) in [6.07, 6.45) is 79.8. The number of unbranched alkanes of at least 4 members (excludes halogenated alkanes) is 33. The van der Waals surface area contributed by atoms with Crippen LogP contribution in [-0.4, -0.2) is 99.6 Å². The van der Waals surface area contributed by atoms with E-state index in [-0.39, 0.29) is 19.4 Å². The van der Waals surface area contributed by atoms with Crippen molar-refractivity contribution >= 4 is 11.9 Å². The summed E-state index contributed by atoms with van der Waals surface area (Å²) >= 11 is 0. The van der Waals surface area contributed by atoms with Gasteiger partial charge in [-0.15, -0.1) is 0 Å². The van der Waals surface area contributed by atoms with Crippen LogP contribution in [0.2, 0.25) is 0 Å². The summed E-state index contributed by atoms with van der Waals surface area (Å²) < 4.78 is 17.7. The first-order valence-electron chi connectivity index (χ1n) is 37.2. The summed E-state index contributed by atoms with van der Waals surface area (Å²) in [5.74, 6) is -1.20. The van der Waals surface area contributed by atoms with Crippen LogP contribution in [0.5, 0.6) is 0 Å². The fraction of sp³-hybridized carbons (Fsp3) is 0.747. The Bertz CT molecular complexity index is 1890. The van der Waals surface area contributed by atoms with E-state index in [1.165, 1.54) is 154 Å². The molecule has 11 heteroatoms. The summed E-state index contributed by atoms with van der Waals surface area (Å²) in [6.45, 7) is 5.67. The molecule has 1 aliphatic heterocycles. The summed E-state index contributed by atoms with van der Waals surface area (Å²) in [6, 6.07) is -1.03. The van der Waals surface area contributed by atoms with Gasteiger partial charge in [0.2, 0.25) is 5.91 Å². The van der Waals surface area contributed by atoms with Crippen LogP contribution in [0.25, 0.3) is 0 Å². The van der Waals surface area contributed by atoms with Gasteiger partial charge in [-0.25, -0.2) is 0 Å². The van der Waals surface area contributed by atoms with Crippen LogP contribution in [0.3, 0.4) is 0 Å². The van der Waals surface area contributed by atoms with E-state index in [9.17, 15) is 35.1 Å². The first kappa shape index (κ1) is 84.3. The van der Waals surface area contributed by atoms with E-state index in [2.05, 4.69) is 123 Å². The molecule has 8 atom stereocenters. The molecule has 6 N–H and O–H groups in total. The predicted octanol–water partition coefficient (Wildman–Crippen LogP) is 19.6. The van der Waals surface area contributed by atoms with E-state index >= 15 is 0 Å². The lowest BCUT2D eigenvalue weighted by Gasteiger charge is -2.41. The Morgan fingerprint density at radius 2 is 0.800 bits per heavy atom. The smallest absolute Gasteiger partial charge is 0.306 e. The van der Waals surface area contributed by atoms with Gasteiger partial charge in [-0.2, -0.15) is 0 Å². The summed E-state index contributed by atoms with van der Waals surface area (Å²) in [7, 11) is 0. The van der Waals surface area contributed by atoms with Crippen LogP contribution in [0.4, 0.5) is 0 Å². The molecule has 1 saturated heterocycles. The van der Waals surface area contributed by atoms with Crippen molar-refractivity contribution in [3.8, 4) is 0 Å². The third-order valence-electron chi connectivity index (χ3n) is 16.9. The van der Waals surface area contributed by atoms with E-state index in [0.29, 0.717) is 12.8 Å². The maximum atomic E-state index is 13.5. The third-order valence-corrected chi connectivity index (χ3v) is 16.9. The molecular formula is C79H137NO10. The van der Waals surface area contributed by atoms with E-state index in [4.69, 9.17) is 14.2 Å². The maximum absolute atomic E-state index is 13.5. The lowest BCUT2D eigenvalue weighted by molar-refractivity contribution is -0.305. The SMILES string of the molecule is CC/C=C\C/C=C\C/C=C\C/C=C\C/C=C\CCCCCCCCCCCCCC(=O)OC1C(OCC(NC(=O)C(O)CCCCCCCCCCC/C=C\C/C=C\C/C=C\CCCCC)C(O)/C=C/CCCCCCCCCCCC)OC(CO)C(O)C1O. The second-order valence-corrected chi connectivity index (χ2v) is 25.3. The minimum atomic E-state index is -1.62. The highest BCUT2D eigenvalue weighted by atomic mass is 16.7. The molecule has 1 amide bonds. The fourth-order valence-corrected chi connectivity index (χ4v) is 11.1. The topological polar surface area (TPSA) is 175 Å². The molecule has 0 aromatic heterocycles. The number of carbonyl (C=O) groups is 2. The second kappa shape index (κ2) is 65.4. The number of carbonyl (C=O) groups excluding carboxylic acids is 2. The van der Waals surface area contributed by atoms with Gasteiger partial charge < -0.3 is 45.1 Å². The van der Waals surface area contributed by atoms with Crippen molar-refractivity contribution in [2.24, 2.45) is 0 Å². The van der Waals surface area contributed by atoms with Gasteiger partial charge in [0.15, 0.2) is 12.4 Å². The van der Waals surface area contributed by atoms with Crippen molar-refractivity contribution in [3.63, 3.8) is 0 Å². The maximum Gasteiger partial charge on any atom is 0.306 e. The van der Waals surface area contributed by atoms with Crippen LogP contribution in [0.15, 0.2) is 109 Å². The normalized spacial score (nSPS) is 18.7. The van der Waals surface area contributed by atoms with Crippen molar-refractivity contribution in [2.75, 3.05) is 13.2 Å². The average Bonchev–Trinajstić information content (AvgIpc) is 3.71. The lowest BCUT2D eigenvalue weighted by Crippen LogP contribution is -2.61. The molecule has 0 aromatic carbocycles. The first-order chi connectivity index (χ1) is 44.2. The summed E-state index contributed by atoms with van der Waals surface area (Å²) in [4.78, 5) is 26.7. The Morgan fingerprint density at radius 1 is 0.444 bits per heavy atom. The number of amides is 1. The molecule has 90 heavy (non-hydrogen) atoms. The van der Waals surface area contributed by atoms with Gasteiger partial charge in [-0.05, 0) is 109 Å². The van der Waals surface area contributed by atoms with Gasteiger partial charge in [0.1, 0.15) is 24.4 Å². The van der Waals surface area contributed by atoms with Gasteiger partial charge in [0.25, 0.3) is 0 Å². The van der Waals surface area contributed by atoms with Gasteiger partial charge in [0, 0.05) is 6.42 Å². The monoisotopic (exact) mass is 1260 g/mol. The molecule has 0 spiro atoms. The van der Waals surface area contributed by atoms with Crippen molar-refractivity contribution in [2.45, 2.75) is 365 Å². The highest BCUT2D eigenvalue weighted by Gasteiger charge is 2.47. The highest BCUT2D eigenvalue weighted by Crippen LogP contribution is 2.26. The number of nitrogens with one attached hydrogen (secondary N) is 1. The summed E-state index contributed by atoms with van der Waals surface area (Å²) in [5, 5.41) is 57.3. The van der Waals surface area contributed by atoms with Crippen molar-refractivity contribution < 1.29 is 49.3 Å². The van der Waals surface area contributed by atoms with E-state index in [1.54, 1.807) is 6.08 Å². The van der Waals surface area contributed by atoms with E-state index in [1.807, 2.05) is 6.08 Å². The van der Waals surface area contributed by atoms with Crippen LogP contribution in [-0.2, 0) is 23.8 Å². The zero-order chi connectivity index (χ0) is 65.3. The molecule has 0 bridgehead atoms. The number of hydrogen-bond acceptors (Lipinski definition) is 10. The number of allylic oxidation sites excluding steroid dienone is 17. The molecule has 11 nitrogen and oxygen atoms in total. The van der Waals surface area contributed by atoms with E-state index < -0.39 is 67.4 Å². The predicted molar refractivity (Wildman–Crippen MR) is 379 cm³/mol. The first-order valence-corrected chi connectivity index (χ1v) is 37.2. The molecule has 8 unspecified atom stereocenters. The number of aliphatic hydroxyl groups is 5. The van der Waals surface area contributed by atoms with Gasteiger partial charge in [-0.1, -0.05) is 310 Å². The van der Waals surface area contributed by atoms with Crippen molar-refractivity contribution in [3.05, 3.63) is 109 Å². The Labute approximate surface area is 551 Å². The molecule has 0 aliphatic carbocycles. The van der Waals surface area contributed by atoms with Gasteiger partial charge >= 0.3 is 5.97 Å². The number of hydrogen-bond donors (Lipinski definition) is 6. The molecule has 518 valence electrons. The number of rotatable bonds is 63. The van der Waals surface area contributed by atoms with Gasteiger partial charge in [-0.3, -0.25) is 9.59 Å². The van der Waals surface area contributed by atoms with Crippen molar-refractivity contribution in [1.82, 2.24) is 5.32 Å². The Hall–Kier alpha value is -3.68. The molecule has 1 rings (SSSR count). The average molecular weight is 1260 g/mol. The molecule has 1 heterocycles. The lowest BCUT2D eigenvalue weighted by atomic mass is 9.99. The van der Waals surface area contributed by atoms with E-state index in [0.717, 1.165) is 116 Å². The quantitative estimate of drug-likeness (QED) is 0.0195. The Morgan fingerprint density at radius 3 is 1.22 bits per heavy atom. The molecule has 0 radical (unpaired) electrons. The molecule has 1 aliphatic rings. The second-order valence-electron chi connectivity index (χ2n) is 25.3. The largest absolute Gasteiger partial charge is 0.454 e. The number of aliphatic hydroxyl groups excluding tert-OH is 5. The minimum Gasteiger partial charge on any atom is -0.454 e. The molecule has 0 saturated carbocycles. The highest BCUT2D eigenvalue weighted by molar-refractivity contribution is 5.80. The minimum absolute atomic E-state index is 0.114. The molecule has 0 aromatic rings. The Balaban J connectivity index is 2.55. The fourth-order valence-electron chi connectivity index (χ4n) is 11.1. The molecular weight excluding hydrogens is 1120 g/mol. The third kappa shape index (κ3) is 51.8. The van der Waals surface area contributed by atoms with Crippen LogP contribution in [0, 0.1) is 0 Å². The summed E-state index contributed by atoms with van der Waals surface area (Å²) in [5.41, 5.74) is 0.